The Labute approximate surface area is 122 Å². The molecule has 0 amide bonds. The summed E-state index contributed by atoms with van der Waals surface area (Å²) in [5.74, 6) is 0.0258. The van der Waals surface area contributed by atoms with Crippen molar-refractivity contribution in [1.29, 1.82) is 0 Å². The minimum absolute atomic E-state index is 0. The zero-order valence-electron chi connectivity index (χ0n) is 10.6. The predicted octanol–water partition coefficient (Wildman–Crippen LogP) is 2.64. The minimum atomic E-state index is -0.00323. The van der Waals surface area contributed by atoms with E-state index in [2.05, 4.69) is 0 Å². The van der Waals surface area contributed by atoms with Gasteiger partial charge in [0.2, 0.25) is 12.3 Å². The second-order valence-electron chi connectivity index (χ2n) is 4.11. The molecular formula is C15H15BrNO2+. The van der Waals surface area contributed by atoms with Crippen molar-refractivity contribution in [2.24, 2.45) is 0 Å². The van der Waals surface area contributed by atoms with Gasteiger partial charge in [0.05, 0.1) is 5.56 Å². The normalized spacial score (nSPS) is 9.53. The van der Waals surface area contributed by atoms with E-state index < -0.39 is 0 Å². The third kappa shape index (κ3) is 4.10. The average Bonchev–Trinajstić information content (AvgIpc) is 2.40. The maximum Gasteiger partial charge on any atom is 0.227 e. The SMILES string of the molecule is Br.CC(=O)c1ccc[n+](CC(=O)c2ccccc2)c1. The van der Waals surface area contributed by atoms with Gasteiger partial charge < -0.3 is 0 Å². The smallest absolute Gasteiger partial charge is 0.227 e. The molecule has 0 radical (unpaired) electrons. The molecule has 1 heterocycles. The molecule has 3 nitrogen and oxygen atoms in total. The Morgan fingerprint density at radius 2 is 1.63 bits per heavy atom. The van der Waals surface area contributed by atoms with Crippen LogP contribution in [0.15, 0.2) is 54.9 Å². The highest BCUT2D eigenvalue weighted by molar-refractivity contribution is 8.93. The number of pyridine rings is 1. The number of ketones is 2. The Kier molecular flexibility index (Phi) is 5.57. The molecule has 0 saturated carbocycles. The van der Waals surface area contributed by atoms with Crippen LogP contribution in [-0.4, -0.2) is 11.6 Å². The van der Waals surface area contributed by atoms with Gasteiger partial charge in [0.1, 0.15) is 0 Å². The van der Waals surface area contributed by atoms with E-state index in [0.717, 1.165) is 0 Å². The molecule has 4 heteroatoms. The summed E-state index contributed by atoms with van der Waals surface area (Å²) in [4.78, 5) is 23.2. The molecule has 0 N–H and O–H groups in total. The standard InChI is InChI=1S/C15H14NO2.BrH/c1-12(17)14-8-5-9-16(10-14)11-15(18)13-6-3-2-4-7-13;/h2-10H,11H2,1H3;1H/q+1;. The highest BCUT2D eigenvalue weighted by Gasteiger charge is 2.13. The van der Waals surface area contributed by atoms with Gasteiger partial charge in [-0.2, -0.15) is 4.57 Å². The number of benzene rings is 1. The highest BCUT2D eigenvalue weighted by atomic mass is 79.9. The van der Waals surface area contributed by atoms with Crippen LogP contribution in [-0.2, 0) is 6.54 Å². The van der Waals surface area contributed by atoms with Crippen LogP contribution in [0.2, 0.25) is 0 Å². The van der Waals surface area contributed by atoms with Gasteiger partial charge >= 0.3 is 0 Å². The first-order valence-corrected chi connectivity index (χ1v) is 5.75. The molecule has 0 bridgehead atoms. The van der Waals surface area contributed by atoms with Gasteiger partial charge in [0.15, 0.2) is 18.2 Å². The summed E-state index contributed by atoms with van der Waals surface area (Å²) in [5, 5.41) is 0. The van der Waals surface area contributed by atoms with Crippen LogP contribution in [0.1, 0.15) is 27.6 Å². The number of hydrogen-bond acceptors (Lipinski definition) is 2. The van der Waals surface area contributed by atoms with Crippen LogP contribution in [0.5, 0.6) is 0 Å². The molecule has 2 rings (SSSR count). The first kappa shape index (κ1) is 15.2. The molecule has 19 heavy (non-hydrogen) atoms. The van der Waals surface area contributed by atoms with Crippen LogP contribution >= 0.6 is 17.0 Å². The van der Waals surface area contributed by atoms with E-state index in [1.807, 2.05) is 18.2 Å². The van der Waals surface area contributed by atoms with Gasteiger partial charge in [0.25, 0.3) is 0 Å². The molecule has 1 aromatic heterocycles. The lowest BCUT2D eigenvalue weighted by Crippen LogP contribution is -2.37. The summed E-state index contributed by atoms with van der Waals surface area (Å²) in [7, 11) is 0. The number of aromatic nitrogens is 1. The van der Waals surface area contributed by atoms with Crippen molar-refractivity contribution in [3.63, 3.8) is 0 Å². The van der Waals surface area contributed by atoms with E-state index >= 15 is 0 Å². The molecular weight excluding hydrogens is 306 g/mol. The Bertz CT molecular complexity index is 582. The lowest BCUT2D eigenvalue weighted by Gasteiger charge is -1.99. The number of Topliss-reactive ketones (excluding diaryl/α,β-unsaturated/α-hetero) is 2. The Hall–Kier alpha value is -1.81. The topological polar surface area (TPSA) is 38.0 Å². The quantitative estimate of drug-likeness (QED) is 0.641. The van der Waals surface area contributed by atoms with E-state index in [0.29, 0.717) is 11.1 Å². The highest BCUT2D eigenvalue weighted by Crippen LogP contribution is 2.00. The average molecular weight is 321 g/mol. The fourth-order valence-electron chi connectivity index (χ4n) is 1.71. The summed E-state index contributed by atoms with van der Waals surface area (Å²) in [6, 6.07) is 12.6. The fraction of sp³-hybridized carbons (Fsp3) is 0.133. The molecule has 0 unspecified atom stereocenters. The molecule has 0 aliphatic heterocycles. The monoisotopic (exact) mass is 320 g/mol. The number of halogens is 1. The Balaban J connectivity index is 0.00000180. The Morgan fingerprint density at radius 1 is 1.00 bits per heavy atom. The van der Waals surface area contributed by atoms with Crippen LogP contribution in [0, 0.1) is 0 Å². The molecule has 0 saturated heterocycles. The van der Waals surface area contributed by atoms with Crippen LogP contribution in [0.4, 0.5) is 0 Å². The van der Waals surface area contributed by atoms with E-state index in [1.165, 1.54) is 6.92 Å². The van der Waals surface area contributed by atoms with Gasteiger partial charge in [-0.1, -0.05) is 30.3 Å². The molecule has 0 aliphatic carbocycles. The van der Waals surface area contributed by atoms with Gasteiger partial charge in [0, 0.05) is 11.6 Å². The van der Waals surface area contributed by atoms with Crippen LogP contribution in [0.25, 0.3) is 0 Å². The molecule has 1 aromatic carbocycles. The number of rotatable bonds is 4. The van der Waals surface area contributed by atoms with E-state index in [4.69, 9.17) is 0 Å². The van der Waals surface area contributed by atoms with Crippen molar-refractivity contribution in [2.75, 3.05) is 0 Å². The summed E-state index contributed by atoms with van der Waals surface area (Å²) in [6.45, 7) is 1.75. The second-order valence-corrected chi connectivity index (χ2v) is 4.11. The molecule has 0 spiro atoms. The largest absolute Gasteiger partial charge is 0.294 e. The molecule has 0 atom stereocenters. The summed E-state index contributed by atoms with van der Waals surface area (Å²) >= 11 is 0. The number of hydrogen-bond donors (Lipinski definition) is 0. The summed E-state index contributed by atoms with van der Waals surface area (Å²) in [5.41, 5.74) is 1.29. The predicted molar refractivity (Wildman–Crippen MR) is 77.7 cm³/mol. The van der Waals surface area contributed by atoms with Crippen molar-refractivity contribution < 1.29 is 14.2 Å². The minimum Gasteiger partial charge on any atom is -0.294 e. The van der Waals surface area contributed by atoms with Gasteiger partial charge in [-0.25, -0.2) is 0 Å². The van der Waals surface area contributed by atoms with Crippen molar-refractivity contribution >= 4 is 28.5 Å². The van der Waals surface area contributed by atoms with Crippen LogP contribution < -0.4 is 4.57 Å². The van der Waals surface area contributed by atoms with E-state index in [9.17, 15) is 9.59 Å². The van der Waals surface area contributed by atoms with E-state index in [1.54, 1.807) is 41.2 Å². The van der Waals surface area contributed by atoms with E-state index in [-0.39, 0.29) is 35.1 Å². The summed E-state index contributed by atoms with van der Waals surface area (Å²) in [6.07, 6.45) is 3.48. The van der Waals surface area contributed by atoms with Crippen molar-refractivity contribution in [3.05, 3.63) is 66.0 Å². The maximum atomic E-state index is 12.0. The second kappa shape index (κ2) is 6.95. The third-order valence-electron chi connectivity index (χ3n) is 2.69. The van der Waals surface area contributed by atoms with Crippen LogP contribution in [0.3, 0.4) is 0 Å². The third-order valence-corrected chi connectivity index (χ3v) is 2.69. The van der Waals surface area contributed by atoms with Gasteiger partial charge in [-0.05, 0) is 13.0 Å². The fourth-order valence-corrected chi connectivity index (χ4v) is 1.71. The van der Waals surface area contributed by atoms with Crippen molar-refractivity contribution in [2.45, 2.75) is 13.5 Å². The van der Waals surface area contributed by atoms with Crippen molar-refractivity contribution in [3.8, 4) is 0 Å². The van der Waals surface area contributed by atoms with Crippen molar-refractivity contribution in [1.82, 2.24) is 0 Å². The van der Waals surface area contributed by atoms with Gasteiger partial charge in [-0.3, -0.25) is 9.59 Å². The maximum absolute atomic E-state index is 12.0. The molecule has 0 aliphatic rings. The first-order chi connectivity index (χ1) is 8.66. The first-order valence-electron chi connectivity index (χ1n) is 5.75. The molecule has 2 aromatic rings. The number of carbonyl (C=O) groups excluding carboxylic acids is 2. The zero-order chi connectivity index (χ0) is 13.0. The zero-order valence-corrected chi connectivity index (χ0v) is 12.3. The molecule has 98 valence electrons. The lowest BCUT2D eigenvalue weighted by atomic mass is 10.1. The number of nitrogens with zero attached hydrogens (tertiary/aromatic N) is 1. The lowest BCUT2D eigenvalue weighted by molar-refractivity contribution is -0.683. The van der Waals surface area contributed by atoms with Gasteiger partial charge in [-0.15, -0.1) is 17.0 Å². The Morgan fingerprint density at radius 3 is 2.26 bits per heavy atom. The number of carbonyl (C=O) groups is 2. The summed E-state index contributed by atoms with van der Waals surface area (Å²) < 4.78 is 1.73. The molecule has 0 fully saturated rings.